The first kappa shape index (κ1) is 18.0. The zero-order chi connectivity index (χ0) is 19.7. The number of aryl methyl sites for hydroxylation is 1. The first-order chi connectivity index (χ1) is 13.5. The summed E-state index contributed by atoms with van der Waals surface area (Å²) in [5.74, 6) is -1.63. The van der Waals surface area contributed by atoms with Crippen molar-refractivity contribution in [2.45, 2.75) is 19.4 Å². The van der Waals surface area contributed by atoms with Crippen LogP contribution < -0.4 is 0 Å². The third-order valence-corrected chi connectivity index (χ3v) is 4.87. The number of hydrogen-bond acceptors (Lipinski definition) is 2. The van der Waals surface area contributed by atoms with Crippen molar-refractivity contribution in [3.05, 3.63) is 107 Å². The lowest BCUT2D eigenvalue weighted by molar-refractivity contribution is 0.0704. The van der Waals surface area contributed by atoms with Gasteiger partial charge >= 0.3 is 0 Å². The second-order valence-electron chi connectivity index (χ2n) is 6.78. The van der Waals surface area contributed by atoms with Gasteiger partial charge in [0.2, 0.25) is 0 Å². The lowest BCUT2D eigenvalue weighted by atomic mass is 9.97. The number of benzene rings is 3. The smallest absolute Gasteiger partial charge is 0.267 e. The van der Waals surface area contributed by atoms with Crippen LogP contribution in [0, 0.1) is 18.6 Å². The summed E-state index contributed by atoms with van der Waals surface area (Å²) >= 11 is 0. The van der Waals surface area contributed by atoms with Crippen molar-refractivity contribution in [3.8, 4) is 0 Å². The molecule has 1 aliphatic heterocycles. The number of rotatable bonds is 3. The van der Waals surface area contributed by atoms with Crippen LogP contribution >= 0.6 is 0 Å². The second-order valence-corrected chi connectivity index (χ2v) is 6.78. The fourth-order valence-corrected chi connectivity index (χ4v) is 3.36. The number of hydrazone groups is 1. The minimum absolute atomic E-state index is 0.0854. The van der Waals surface area contributed by atoms with Gasteiger partial charge in [-0.05, 0) is 30.7 Å². The lowest BCUT2D eigenvalue weighted by Gasteiger charge is -2.22. The molecule has 140 valence electrons. The van der Waals surface area contributed by atoms with Crippen molar-refractivity contribution in [1.29, 1.82) is 0 Å². The van der Waals surface area contributed by atoms with E-state index < -0.39 is 23.6 Å². The molecule has 0 bridgehead atoms. The summed E-state index contributed by atoms with van der Waals surface area (Å²) in [5.41, 5.74) is 2.90. The molecule has 28 heavy (non-hydrogen) atoms. The Labute approximate surface area is 161 Å². The molecule has 5 heteroatoms. The van der Waals surface area contributed by atoms with Gasteiger partial charge in [-0.3, -0.25) is 4.79 Å². The van der Waals surface area contributed by atoms with Crippen molar-refractivity contribution in [1.82, 2.24) is 5.01 Å². The molecule has 1 atom stereocenters. The highest BCUT2D eigenvalue weighted by atomic mass is 19.1. The Morgan fingerprint density at radius 3 is 2.25 bits per heavy atom. The Morgan fingerprint density at radius 1 is 0.929 bits per heavy atom. The van der Waals surface area contributed by atoms with E-state index in [0.29, 0.717) is 17.7 Å². The number of amides is 1. The average Bonchev–Trinajstić information content (AvgIpc) is 3.14. The number of carbonyl (C=O) groups excluding carboxylic acids is 1. The first-order valence-corrected chi connectivity index (χ1v) is 9.01. The average molecular weight is 376 g/mol. The number of nitrogens with zero attached hydrogens (tertiary/aromatic N) is 2. The summed E-state index contributed by atoms with van der Waals surface area (Å²) in [4.78, 5) is 13.1. The predicted octanol–water partition coefficient (Wildman–Crippen LogP) is 5.26. The number of hydrogen-bond donors (Lipinski definition) is 0. The molecule has 0 saturated heterocycles. The molecule has 3 aromatic carbocycles. The van der Waals surface area contributed by atoms with Gasteiger partial charge < -0.3 is 0 Å². The summed E-state index contributed by atoms with van der Waals surface area (Å²) in [5, 5.41) is 5.67. The van der Waals surface area contributed by atoms with E-state index in [1.54, 1.807) is 24.3 Å². The summed E-state index contributed by atoms with van der Waals surface area (Å²) < 4.78 is 28.7. The molecule has 0 radical (unpaired) electrons. The maximum absolute atomic E-state index is 14.5. The van der Waals surface area contributed by atoms with E-state index in [9.17, 15) is 13.6 Å². The van der Waals surface area contributed by atoms with Gasteiger partial charge in [0.05, 0.1) is 17.3 Å². The third-order valence-electron chi connectivity index (χ3n) is 4.87. The van der Waals surface area contributed by atoms with Crippen molar-refractivity contribution in [2.24, 2.45) is 5.10 Å². The number of carbonyl (C=O) groups is 1. The molecule has 0 N–H and O–H groups in total. The first-order valence-electron chi connectivity index (χ1n) is 9.01. The van der Waals surface area contributed by atoms with Gasteiger partial charge in [0.25, 0.3) is 5.91 Å². The SMILES string of the molecule is Cc1ccc(C2=NN(C(=O)c3ccccc3F)[C@@H](c3ccccc3F)C2)cc1. The monoisotopic (exact) mass is 376 g/mol. The molecule has 3 aromatic rings. The molecular formula is C23H18F2N2O. The van der Waals surface area contributed by atoms with E-state index in [2.05, 4.69) is 5.10 Å². The van der Waals surface area contributed by atoms with Crippen LogP contribution in [0.15, 0.2) is 77.9 Å². The van der Waals surface area contributed by atoms with E-state index in [0.717, 1.165) is 11.1 Å². The van der Waals surface area contributed by atoms with E-state index in [1.165, 1.54) is 29.3 Å². The van der Waals surface area contributed by atoms with Gasteiger partial charge in [-0.1, -0.05) is 60.2 Å². The minimum atomic E-state index is -0.635. The van der Waals surface area contributed by atoms with Gasteiger partial charge in [0.15, 0.2) is 0 Å². The molecule has 0 spiro atoms. The van der Waals surface area contributed by atoms with Gasteiger partial charge in [0, 0.05) is 12.0 Å². The van der Waals surface area contributed by atoms with Gasteiger partial charge in [-0.25, -0.2) is 13.8 Å². The van der Waals surface area contributed by atoms with E-state index in [1.807, 2.05) is 31.2 Å². The topological polar surface area (TPSA) is 32.7 Å². The van der Waals surface area contributed by atoms with Crippen LogP contribution in [0.25, 0.3) is 0 Å². The Morgan fingerprint density at radius 2 is 1.57 bits per heavy atom. The second kappa shape index (κ2) is 7.35. The van der Waals surface area contributed by atoms with E-state index >= 15 is 0 Å². The van der Waals surface area contributed by atoms with Crippen molar-refractivity contribution >= 4 is 11.6 Å². The molecule has 1 aliphatic rings. The van der Waals surface area contributed by atoms with Crippen molar-refractivity contribution in [3.63, 3.8) is 0 Å². The normalized spacial score (nSPS) is 16.2. The van der Waals surface area contributed by atoms with E-state index in [4.69, 9.17) is 0 Å². The summed E-state index contributed by atoms with van der Waals surface area (Å²) in [7, 11) is 0. The Kier molecular flexibility index (Phi) is 4.74. The molecule has 1 heterocycles. The van der Waals surface area contributed by atoms with Gasteiger partial charge in [-0.2, -0.15) is 5.10 Å². The van der Waals surface area contributed by atoms with Crippen molar-refractivity contribution in [2.75, 3.05) is 0 Å². The Hall–Kier alpha value is -3.34. The molecule has 0 saturated carbocycles. The van der Waals surface area contributed by atoms with Crippen LogP contribution in [-0.2, 0) is 0 Å². The highest BCUT2D eigenvalue weighted by Gasteiger charge is 2.35. The fraction of sp³-hybridized carbons (Fsp3) is 0.130. The maximum Gasteiger partial charge on any atom is 0.277 e. The van der Waals surface area contributed by atoms with Gasteiger partial charge in [0.1, 0.15) is 11.6 Å². The number of halogens is 2. The largest absolute Gasteiger partial charge is 0.277 e. The fourth-order valence-electron chi connectivity index (χ4n) is 3.36. The molecule has 0 aliphatic carbocycles. The van der Waals surface area contributed by atoms with E-state index in [-0.39, 0.29) is 5.56 Å². The zero-order valence-corrected chi connectivity index (χ0v) is 15.3. The molecule has 4 rings (SSSR count). The lowest BCUT2D eigenvalue weighted by Crippen LogP contribution is -2.28. The predicted molar refractivity (Wildman–Crippen MR) is 104 cm³/mol. The molecule has 3 nitrogen and oxygen atoms in total. The van der Waals surface area contributed by atoms with Crippen LogP contribution in [0.2, 0.25) is 0 Å². The van der Waals surface area contributed by atoms with Crippen LogP contribution in [0.4, 0.5) is 8.78 Å². The zero-order valence-electron chi connectivity index (χ0n) is 15.3. The standard InChI is InChI=1S/C23H18F2N2O/c1-15-10-12-16(13-11-15)21-14-22(17-6-2-4-8-19(17)24)27(26-21)23(28)18-7-3-5-9-20(18)25/h2-13,22H,14H2,1H3/t22-/m1/s1. The molecule has 0 aromatic heterocycles. The summed E-state index contributed by atoms with van der Waals surface area (Å²) in [6, 6.07) is 19.2. The van der Waals surface area contributed by atoms with Gasteiger partial charge in [-0.15, -0.1) is 0 Å². The minimum Gasteiger partial charge on any atom is -0.267 e. The highest BCUT2D eigenvalue weighted by molar-refractivity contribution is 6.05. The highest BCUT2D eigenvalue weighted by Crippen LogP contribution is 2.35. The van der Waals surface area contributed by atoms with Crippen molar-refractivity contribution < 1.29 is 13.6 Å². The Bertz CT molecular complexity index is 1060. The van der Waals surface area contributed by atoms with Crippen LogP contribution in [0.1, 0.15) is 39.5 Å². The van der Waals surface area contributed by atoms with Crippen LogP contribution in [-0.4, -0.2) is 16.6 Å². The summed E-state index contributed by atoms with van der Waals surface area (Å²) in [6.45, 7) is 1.98. The molecular weight excluding hydrogens is 358 g/mol. The molecule has 0 unspecified atom stereocenters. The summed E-state index contributed by atoms with van der Waals surface area (Å²) in [6.07, 6.45) is 0.351. The quantitative estimate of drug-likeness (QED) is 0.613. The van der Waals surface area contributed by atoms with Crippen LogP contribution in [0.5, 0.6) is 0 Å². The third kappa shape index (κ3) is 3.31. The molecule has 0 fully saturated rings. The molecule has 1 amide bonds. The van der Waals surface area contributed by atoms with Crippen LogP contribution in [0.3, 0.4) is 0 Å². The Balaban J connectivity index is 1.77. The maximum atomic E-state index is 14.5.